The molecule has 3 aromatic carbocycles. The summed E-state index contributed by atoms with van der Waals surface area (Å²) in [4.78, 5) is 43.5. The van der Waals surface area contributed by atoms with Gasteiger partial charge in [-0.1, -0.05) is 67.9 Å². The van der Waals surface area contributed by atoms with Gasteiger partial charge in [0.25, 0.3) is 5.91 Å². The molecule has 1 aliphatic heterocycles. The number of carbonyl (C=O) groups excluding carboxylic acids is 3. The Morgan fingerprint density at radius 3 is 2.40 bits per heavy atom. The van der Waals surface area contributed by atoms with Crippen molar-refractivity contribution in [1.82, 2.24) is 10.2 Å². The molecule has 1 aliphatic rings. The predicted octanol–water partition coefficient (Wildman–Crippen LogP) is 4.83. The molecule has 0 aliphatic carbocycles. The van der Waals surface area contributed by atoms with Crippen LogP contribution in [0.3, 0.4) is 0 Å². The van der Waals surface area contributed by atoms with Crippen LogP contribution in [0.15, 0.2) is 60.7 Å². The largest absolute Gasteiger partial charge is 0.352 e. The molecule has 0 spiro atoms. The minimum absolute atomic E-state index is 0.0136. The molecular weight excluding hydrogens is 438 g/mol. The van der Waals surface area contributed by atoms with Crippen molar-refractivity contribution in [2.75, 3.05) is 11.4 Å². The van der Waals surface area contributed by atoms with Crippen molar-refractivity contribution in [3.63, 3.8) is 0 Å². The summed E-state index contributed by atoms with van der Waals surface area (Å²) in [6.45, 7) is 8.06. The van der Waals surface area contributed by atoms with Crippen molar-refractivity contribution in [2.24, 2.45) is 0 Å². The molecule has 0 saturated heterocycles. The lowest BCUT2D eigenvalue weighted by Gasteiger charge is -2.33. The SMILES string of the molecule is CCC(C)NC(=O)C(CC)N(Cc1cccc(C)c1)C(=O)CN1C(=O)c2cccc3cccc1c23. The van der Waals surface area contributed by atoms with E-state index in [0.29, 0.717) is 18.5 Å². The van der Waals surface area contributed by atoms with E-state index in [0.717, 1.165) is 34.0 Å². The van der Waals surface area contributed by atoms with Gasteiger partial charge in [-0.25, -0.2) is 0 Å². The first-order chi connectivity index (χ1) is 16.8. The molecule has 0 bridgehead atoms. The van der Waals surface area contributed by atoms with Gasteiger partial charge in [0.15, 0.2) is 0 Å². The molecule has 182 valence electrons. The van der Waals surface area contributed by atoms with Gasteiger partial charge in [-0.15, -0.1) is 0 Å². The molecule has 2 atom stereocenters. The van der Waals surface area contributed by atoms with Crippen LogP contribution in [-0.2, 0) is 16.1 Å². The number of hydrogen-bond acceptors (Lipinski definition) is 3. The second-order valence-corrected chi connectivity index (χ2v) is 9.32. The standard InChI is InChI=1S/C29H33N3O3/c1-5-20(4)30-28(34)24(6-2)31(17-21-11-7-10-19(3)16-21)26(33)18-32-25-15-9-13-22-12-8-14-23(27(22)25)29(32)35/h7-16,20,24H,5-6,17-18H2,1-4H3,(H,30,34). The van der Waals surface area contributed by atoms with E-state index < -0.39 is 6.04 Å². The van der Waals surface area contributed by atoms with Gasteiger partial charge in [0.1, 0.15) is 12.6 Å². The van der Waals surface area contributed by atoms with E-state index in [9.17, 15) is 14.4 Å². The zero-order valence-corrected chi connectivity index (χ0v) is 20.9. The van der Waals surface area contributed by atoms with Crippen LogP contribution in [0.1, 0.15) is 55.1 Å². The predicted molar refractivity (Wildman–Crippen MR) is 139 cm³/mol. The summed E-state index contributed by atoms with van der Waals surface area (Å²) in [7, 11) is 0. The molecule has 0 aromatic heterocycles. The summed E-state index contributed by atoms with van der Waals surface area (Å²) in [6, 6.07) is 18.7. The van der Waals surface area contributed by atoms with Crippen molar-refractivity contribution in [1.29, 1.82) is 0 Å². The number of amides is 3. The normalized spacial score (nSPS) is 14.2. The third kappa shape index (κ3) is 4.92. The van der Waals surface area contributed by atoms with Crippen molar-refractivity contribution in [2.45, 2.75) is 59.2 Å². The molecule has 3 amide bonds. The lowest BCUT2D eigenvalue weighted by atomic mass is 10.1. The summed E-state index contributed by atoms with van der Waals surface area (Å²) < 4.78 is 0. The van der Waals surface area contributed by atoms with Crippen LogP contribution in [0.2, 0.25) is 0 Å². The lowest BCUT2D eigenvalue weighted by molar-refractivity contribution is -0.140. The molecule has 0 radical (unpaired) electrons. The monoisotopic (exact) mass is 471 g/mol. The Morgan fingerprint density at radius 2 is 1.71 bits per heavy atom. The summed E-state index contributed by atoms with van der Waals surface area (Å²) in [5, 5.41) is 4.88. The van der Waals surface area contributed by atoms with Gasteiger partial charge in [0.05, 0.1) is 5.69 Å². The Morgan fingerprint density at radius 1 is 1.00 bits per heavy atom. The number of carbonyl (C=O) groups is 3. The van der Waals surface area contributed by atoms with Gasteiger partial charge in [-0.2, -0.15) is 0 Å². The van der Waals surface area contributed by atoms with Gasteiger partial charge in [0, 0.05) is 23.5 Å². The Labute approximate surface area is 206 Å². The van der Waals surface area contributed by atoms with Gasteiger partial charge in [0.2, 0.25) is 11.8 Å². The fraction of sp³-hybridized carbons (Fsp3) is 0.345. The van der Waals surface area contributed by atoms with E-state index in [4.69, 9.17) is 0 Å². The van der Waals surface area contributed by atoms with Crippen molar-refractivity contribution in [3.8, 4) is 0 Å². The number of nitrogens with zero attached hydrogens (tertiary/aromatic N) is 2. The molecule has 0 saturated carbocycles. The van der Waals surface area contributed by atoms with Crippen LogP contribution in [0.4, 0.5) is 5.69 Å². The highest BCUT2D eigenvalue weighted by Crippen LogP contribution is 2.37. The van der Waals surface area contributed by atoms with Crippen LogP contribution >= 0.6 is 0 Å². The minimum atomic E-state index is -0.632. The molecule has 35 heavy (non-hydrogen) atoms. The first-order valence-corrected chi connectivity index (χ1v) is 12.3. The topological polar surface area (TPSA) is 69.7 Å². The quantitative estimate of drug-likeness (QED) is 0.486. The van der Waals surface area contributed by atoms with Gasteiger partial charge in [-0.05, 0) is 49.8 Å². The number of aryl methyl sites for hydroxylation is 1. The number of nitrogens with one attached hydrogen (secondary N) is 1. The Hall–Kier alpha value is -3.67. The van der Waals surface area contributed by atoms with Crippen LogP contribution in [0.25, 0.3) is 10.8 Å². The van der Waals surface area contributed by atoms with Crippen LogP contribution in [0.5, 0.6) is 0 Å². The maximum atomic E-state index is 13.8. The molecular formula is C29H33N3O3. The average molecular weight is 472 g/mol. The Kier molecular flexibility index (Phi) is 7.20. The highest BCUT2D eigenvalue weighted by atomic mass is 16.2. The van der Waals surface area contributed by atoms with Crippen LogP contribution in [0, 0.1) is 6.92 Å². The van der Waals surface area contributed by atoms with E-state index in [-0.39, 0.29) is 30.3 Å². The summed E-state index contributed by atoms with van der Waals surface area (Å²) in [6.07, 6.45) is 1.28. The highest BCUT2D eigenvalue weighted by molar-refractivity contribution is 6.26. The zero-order valence-electron chi connectivity index (χ0n) is 20.9. The number of hydrogen-bond donors (Lipinski definition) is 1. The van der Waals surface area contributed by atoms with E-state index in [2.05, 4.69) is 5.32 Å². The van der Waals surface area contributed by atoms with Crippen molar-refractivity contribution < 1.29 is 14.4 Å². The van der Waals surface area contributed by atoms with E-state index in [1.165, 1.54) is 0 Å². The Balaban J connectivity index is 1.65. The van der Waals surface area contributed by atoms with E-state index >= 15 is 0 Å². The van der Waals surface area contributed by atoms with Crippen LogP contribution < -0.4 is 10.2 Å². The molecule has 1 heterocycles. The molecule has 6 heteroatoms. The molecule has 1 N–H and O–H groups in total. The smallest absolute Gasteiger partial charge is 0.259 e. The maximum Gasteiger partial charge on any atom is 0.259 e. The number of benzene rings is 3. The fourth-order valence-electron chi connectivity index (χ4n) is 4.73. The summed E-state index contributed by atoms with van der Waals surface area (Å²) >= 11 is 0. The number of rotatable bonds is 9. The highest BCUT2D eigenvalue weighted by Gasteiger charge is 2.35. The zero-order chi connectivity index (χ0) is 25.1. The second kappa shape index (κ2) is 10.3. The molecule has 6 nitrogen and oxygen atoms in total. The number of anilines is 1. The lowest BCUT2D eigenvalue weighted by Crippen LogP contribution is -2.53. The third-order valence-corrected chi connectivity index (χ3v) is 6.76. The minimum Gasteiger partial charge on any atom is -0.352 e. The summed E-state index contributed by atoms with van der Waals surface area (Å²) in [5.74, 6) is -0.602. The molecule has 0 fully saturated rings. The van der Waals surface area contributed by atoms with Crippen molar-refractivity contribution >= 4 is 34.2 Å². The van der Waals surface area contributed by atoms with Gasteiger partial charge < -0.3 is 10.2 Å². The van der Waals surface area contributed by atoms with Crippen molar-refractivity contribution in [3.05, 3.63) is 77.4 Å². The Bertz CT molecular complexity index is 1260. The second-order valence-electron chi connectivity index (χ2n) is 9.32. The molecule has 3 aromatic rings. The van der Waals surface area contributed by atoms with Gasteiger partial charge in [-0.3, -0.25) is 19.3 Å². The average Bonchev–Trinajstić information content (AvgIpc) is 3.11. The van der Waals surface area contributed by atoms with E-state index in [1.807, 2.05) is 82.3 Å². The molecule has 2 unspecified atom stereocenters. The first-order valence-electron chi connectivity index (χ1n) is 12.3. The third-order valence-electron chi connectivity index (χ3n) is 6.76. The fourth-order valence-corrected chi connectivity index (χ4v) is 4.73. The van der Waals surface area contributed by atoms with E-state index in [1.54, 1.807) is 15.9 Å². The van der Waals surface area contributed by atoms with Crippen LogP contribution in [-0.4, -0.2) is 41.2 Å². The molecule has 4 rings (SSSR count). The first kappa shape index (κ1) is 24.5. The maximum absolute atomic E-state index is 13.8. The van der Waals surface area contributed by atoms with Gasteiger partial charge >= 0.3 is 0 Å². The summed E-state index contributed by atoms with van der Waals surface area (Å²) in [5.41, 5.74) is 3.39.